The molecule has 3 rings (SSSR count). The number of imidazole rings is 1. The molecule has 29 heavy (non-hydrogen) atoms. The third-order valence-electron chi connectivity index (χ3n) is 3.91. The van der Waals surface area contributed by atoms with Crippen LogP contribution < -0.4 is 9.46 Å². The van der Waals surface area contributed by atoms with Crippen molar-refractivity contribution in [2.24, 2.45) is 7.05 Å². The summed E-state index contributed by atoms with van der Waals surface area (Å²) in [7, 11) is -2.45. The van der Waals surface area contributed by atoms with Gasteiger partial charge < -0.3 is 9.30 Å². The monoisotopic (exact) mass is 429 g/mol. The molecule has 1 atom stereocenters. The third kappa shape index (κ3) is 4.75. The number of para-hydroxylation sites is 2. The summed E-state index contributed by atoms with van der Waals surface area (Å²) in [4.78, 5) is 11.9. The normalized spacial score (nSPS) is 13.4. The number of rotatable bonds is 7. The summed E-state index contributed by atoms with van der Waals surface area (Å²) in [6.07, 6.45) is -4.69. The number of fused-ring (bicyclic) bond motifs is 1. The molecule has 0 amide bonds. The quantitative estimate of drug-likeness (QED) is 0.619. The molecule has 0 saturated heterocycles. The molecular weight excluding hydrogens is 411 g/mol. The largest absolute Gasteiger partial charge is 0.455 e. The number of nitrogens with one attached hydrogen (secondary N) is 1. The zero-order valence-corrected chi connectivity index (χ0v) is 16.3. The number of aryl methyl sites for hydroxylation is 1. The minimum Gasteiger partial charge on any atom is -0.455 e. The molecule has 1 N–H and O–H groups in total. The molecule has 156 valence electrons. The summed E-state index contributed by atoms with van der Waals surface area (Å²) in [5, 5.41) is 0. The number of ether oxygens (including phenoxy) is 1. The molecule has 1 aromatic carbocycles. The van der Waals surface area contributed by atoms with Crippen molar-refractivity contribution < 1.29 is 26.3 Å². The standard InChI is InChI=1S/C17H18F3N5O3S/c1-3-8-29(26,27)24-15-16(23-12-7-5-4-6-11(12)22-15)28-14(17(18,19)20)13-9-21-10-25(13)2/h4-7,9-10,14H,3,8H2,1-2H3,(H,22,24). The summed E-state index contributed by atoms with van der Waals surface area (Å²) in [6.45, 7) is 1.66. The van der Waals surface area contributed by atoms with Crippen LogP contribution in [0.4, 0.5) is 19.0 Å². The summed E-state index contributed by atoms with van der Waals surface area (Å²) >= 11 is 0. The Morgan fingerprint density at radius 1 is 1.21 bits per heavy atom. The minimum absolute atomic E-state index is 0.231. The van der Waals surface area contributed by atoms with Crippen LogP contribution in [0.1, 0.15) is 25.1 Å². The molecule has 12 heteroatoms. The highest BCUT2D eigenvalue weighted by Crippen LogP contribution is 2.38. The van der Waals surface area contributed by atoms with Crippen LogP contribution in [0.15, 0.2) is 36.8 Å². The maximum Gasteiger partial charge on any atom is 0.431 e. The van der Waals surface area contributed by atoms with Crippen LogP contribution in [-0.4, -0.2) is 39.9 Å². The number of nitrogens with zero attached hydrogens (tertiary/aromatic N) is 4. The van der Waals surface area contributed by atoms with Gasteiger partial charge in [-0.3, -0.25) is 4.72 Å². The smallest absolute Gasteiger partial charge is 0.431 e. The fourth-order valence-corrected chi connectivity index (χ4v) is 3.69. The van der Waals surface area contributed by atoms with Gasteiger partial charge in [0, 0.05) is 7.05 Å². The highest BCUT2D eigenvalue weighted by molar-refractivity contribution is 7.92. The highest BCUT2D eigenvalue weighted by Gasteiger charge is 2.45. The van der Waals surface area contributed by atoms with Gasteiger partial charge in [-0.05, 0) is 18.6 Å². The van der Waals surface area contributed by atoms with Gasteiger partial charge in [-0.1, -0.05) is 19.1 Å². The van der Waals surface area contributed by atoms with E-state index in [4.69, 9.17) is 4.74 Å². The van der Waals surface area contributed by atoms with E-state index in [1.807, 2.05) is 0 Å². The van der Waals surface area contributed by atoms with Crippen LogP contribution in [0.25, 0.3) is 11.0 Å². The molecule has 0 bridgehead atoms. The average molecular weight is 429 g/mol. The van der Waals surface area contributed by atoms with Crippen LogP contribution in [-0.2, 0) is 17.1 Å². The SMILES string of the molecule is CCCS(=O)(=O)Nc1nc2ccccc2nc1OC(c1cncn1C)C(F)(F)F. The molecule has 0 radical (unpaired) electrons. The van der Waals surface area contributed by atoms with Gasteiger partial charge in [-0.25, -0.2) is 23.4 Å². The maximum absolute atomic E-state index is 13.7. The number of alkyl halides is 3. The Kier molecular flexibility index (Phi) is 5.64. The molecule has 2 heterocycles. The average Bonchev–Trinajstić information content (AvgIpc) is 3.03. The summed E-state index contributed by atoms with van der Waals surface area (Å²) in [5.41, 5.74) is 0.292. The minimum atomic E-state index is -4.80. The van der Waals surface area contributed by atoms with Crippen LogP contribution in [0.3, 0.4) is 0 Å². The molecule has 0 aliphatic rings. The van der Waals surface area contributed by atoms with Crippen LogP contribution >= 0.6 is 0 Å². The van der Waals surface area contributed by atoms with Crippen molar-refractivity contribution >= 4 is 26.9 Å². The number of hydrogen-bond acceptors (Lipinski definition) is 6. The van der Waals surface area contributed by atoms with Crippen LogP contribution in [0.5, 0.6) is 5.88 Å². The first-order valence-corrected chi connectivity index (χ1v) is 10.2. The summed E-state index contributed by atoms with van der Waals surface area (Å²) in [5.74, 6) is -1.22. The Hall–Kier alpha value is -2.89. The van der Waals surface area contributed by atoms with Gasteiger partial charge in [-0.15, -0.1) is 0 Å². The van der Waals surface area contributed by atoms with Crippen LogP contribution in [0.2, 0.25) is 0 Å². The van der Waals surface area contributed by atoms with Crippen molar-refractivity contribution in [3.63, 3.8) is 0 Å². The van der Waals surface area contributed by atoms with Gasteiger partial charge in [0.1, 0.15) is 0 Å². The number of sulfonamides is 1. The van der Waals surface area contributed by atoms with E-state index < -0.39 is 34.0 Å². The predicted molar refractivity (Wildman–Crippen MR) is 99.9 cm³/mol. The Bertz CT molecular complexity index is 1110. The van der Waals surface area contributed by atoms with Gasteiger partial charge in [0.05, 0.1) is 35.0 Å². The van der Waals surface area contributed by atoms with E-state index >= 15 is 0 Å². The Labute approximate surface area is 164 Å². The molecule has 0 fully saturated rings. The summed E-state index contributed by atoms with van der Waals surface area (Å²) in [6, 6.07) is 6.37. The predicted octanol–water partition coefficient (Wildman–Crippen LogP) is 3.20. The maximum atomic E-state index is 13.7. The Morgan fingerprint density at radius 3 is 2.41 bits per heavy atom. The van der Waals surface area contributed by atoms with E-state index in [0.717, 1.165) is 10.8 Å². The second-order valence-corrected chi connectivity index (χ2v) is 8.10. The van der Waals surface area contributed by atoms with E-state index in [0.29, 0.717) is 11.9 Å². The van der Waals surface area contributed by atoms with E-state index in [2.05, 4.69) is 19.7 Å². The van der Waals surface area contributed by atoms with Crippen molar-refractivity contribution in [1.82, 2.24) is 19.5 Å². The lowest BCUT2D eigenvalue weighted by atomic mass is 10.2. The van der Waals surface area contributed by atoms with Crippen molar-refractivity contribution in [1.29, 1.82) is 0 Å². The number of aromatic nitrogens is 4. The number of hydrogen-bond donors (Lipinski definition) is 1. The molecule has 2 aromatic heterocycles. The molecule has 0 aliphatic carbocycles. The van der Waals surface area contributed by atoms with E-state index in [1.54, 1.807) is 25.1 Å². The summed E-state index contributed by atoms with van der Waals surface area (Å²) < 4.78 is 74.0. The number of benzene rings is 1. The second kappa shape index (κ2) is 7.85. The van der Waals surface area contributed by atoms with Gasteiger partial charge in [-0.2, -0.15) is 13.2 Å². The van der Waals surface area contributed by atoms with Gasteiger partial charge >= 0.3 is 6.18 Å². The molecule has 8 nitrogen and oxygen atoms in total. The zero-order valence-electron chi connectivity index (χ0n) is 15.5. The zero-order chi connectivity index (χ0) is 21.2. The first kappa shape index (κ1) is 20.8. The fourth-order valence-electron chi connectivity index (χ4n) is 2.63. The third-order valence-corrected chi connectivity index (χ3v) is 5.36. The Morgan fingerprint density at radius 2 is 1.86 bits per heavy atom. The molecule has 0 spiro atoms. The topological polar surface area (TPSA) is 99.0 Å². The van der Waals surface area contributed by atoms with Crippen molar-refractivity contribution in [3.05, 3.63) is 42.5 Å². The van der Waals surface area contributed by atoms with Gasteiger partial charge in [0.2, 0.25) is 21.9 Å². The molecule has 0 aliphatic heterocycles. The van der Waals surface area contributed by atoms with Gasteiger partial charge in [0.15, 0.2) is 0 Å². The van der Waals surface area contributed by atoms with Crippen molar-refractivity contribution in [2.45, 2.75) is 25.6 Å². The first-order chi connectivity index (χ1) is 13.6. The number of anilines is 1. The lowest BCUT2D eigenvalue weighted by molar-refractivity contribution is -0.200. The molecular formula is C17H18F3N5O3S. The lowest BCUT2D eigenvalue weighted by Gasteiger charge is -2.22. The van der Waals surface area contributed by atoms with E-state index in [9.17, 15) is 21.6 Å². The van der Waals surface area contributed by atoms with Crippen molar-refractivity contribution in [3.8, 4) is 5.88 Å². The van der Waals surface area contributed by atoms with E-state index in [-0.39, 0.29) is 17.0 Å². The lowest BCUT2D eigenvalue weighted by Crippen LogP contribution is -2.29. The molecule has 0 saturated carbocycles. The first-order valence-electron chi connectivity index (χ1n) is 8.57. The molecule has 1 unspecified atom stereocenters. The van der Waals surface area contributed by atoms with Gasteiger partial charge in [0.25, 0.3) is 5.88 Å². The highest BCUT2D eigenvalue weighted by atomic mass is 32.2. The van der Waals surface area contributed by atoms with Crippen molar-refractivity contribution in [2.75, 3.05) is 10.5 Å². The number of halogens is 3. The molecule has 3 aromatic rings. The fraction of sp³-hybridized carbons (Fsp3) is 0.353. The Balaban J connectivity index is 2.10. The second-order valence-electron chi connectivity index (χ2n) is 6.26. The van der Waals surface area contributed by atoms with E-state index in [1.165, 1.54) is 19.4 Å². The van der Waals surface area contributed by atoms with Crippen LogP contribution in [0, 0.1) is 0 Å².